The lowest BCUT2D eigenvalue weighted by atomic mass is 10.3. The van der Waals surface area contributed by atoms with Gasteiger partial charge in [-0.25, -0.2) is 0 Å². The third-order valence-electron chi connectivity index (χ3n) is 0.753. The van der Waals surface area contributed by atoms with Crippen molar-refractivity contribution >= 4 is 11.9 Å². The number of rotatable bonds is 3. The fraction of sp³-hybridized carbons (Fsp3) is 0.200. The van der Waals surface area contributed by atoms with Gasteiger partial charge >= 0.3 is 5.97 Å². The normalized spacial score (nSPS) is 13.3. The first-order chi connectivity index (χ1) is 4.54. The van der Waals surface area contributed by atoms with Crippen molar-refractivity contribution in [3.05, 3.63) is 12.2 Å². The van der Waals surface area contributed by atoms with Crippen molar-refractivity contribution in [1.82, 2.24) is 0 Å². The van der Waals surface area contributed by atoms with Gasteiger partial charge in [0.25, 0.3) is 0 Å². The lowest BCUT2D eigenvalue weighted by molar-refractivity contribution is -0.137. The summed E-state index contributed by atoms with van der Waals surface area (Å²) in [6, 6.07) is -1.16. The second-order valence-electron chi connectivity index (χ2n) is 1.63. The maximum absolute atomic E-state index is 10.0. The molecule has 0 spiro atoms. The van der Waals surface area contributed by atoms with Crippen molar-refractivity contribution in [2.45, 2.75) is 6.04 Å². The largest absolute Gasteiger partial charge is 0.480 e. The number of carbonyl (C=O) groups excluding carboxylic acids is 1. The topological polar surface area (TPSA) is 106 Å². The van der Waals surface area contributed by atoms with Gasteiger partial charge in [0, 0.05) is 6.08 Å². The van der Waals surface area contributed by atoms with Crippen LogP contribution in [0, 0.1) is 0 Å². The van der Waals surface area contributed by atoms with E-state index in [0.29, 0.717) is 0 Å². The molecule has 5 nitrogen and oxygen atoms in total. The smallest absolute Gasteiger partial charge is 0.324 e. The standard InChI is InChI=1S/C5H8N2O3/c6-3(5(9)10)1-2-4(7)8/h1-3H,6H2,(H2,7,8)(H,9,10)/b2-1+. The molecule has 5 heteroatoms. The van der Waals surface area contributed by atoms with Crippen molar-refractivity contribution in [2.24, 2.45) is 11.5 Å². The summed E-state index contributed by atoms with van der Waals surface area (Å²) >= 11 is 0. The van der Waals surface area contributed by atoms with Crippen LogP contribution in [-0.4, -0.2) is 23.0 Å². The maximum atomic E-state index is 10.0. The number of hydrogen-bond acceptors (Lipinski definition) is 3. The van der Waals surface area contributed by atoms with Gasteiger partial charge in [0.05, 0.1) is 0 Å². The molecule has 1 atom stereocenters. The van der Waals surface area contributed by atoms with E-state index in [1.54, 1.807) is 0 Å². The fourth-order valence-corrected chi connectivity index (χ4v) is 0.281. The monoisotopic (exact) mass is 144 g/mol. The third-order valence-corrected chi connectivity index (χ3v) is 0.753. The van der Waals surface area contributed by atoms with Crippen LogP contribution in [0.15, 0.2) is 12.2 Å². The Bertz CT molecular complexity index is 176. The molecular weight excluding hydrogens is 136 g/mol. The summed E-state index contributed by atoms with van der Waals surface area (Å²) in [5, 5.41) is 8.17. The lowest BCUT2D eigenvalue weighted by Crippen LogP contribution is -2.28. The van der Waals surface area contributed by atoms with Gasteiger partial charge < -0.3 is 16.6 Å². The molecule has 56 valence electrons. The minimum atomic E-state index is -1.20. The molecule has 0 saturated heterocycles. The highest BCUT2D eigenvalue weighted by atomic mass is 16.4. The molecule has 1 unspecified atom stereocenters. The third kappa shape index (κ3) is 3.62. The van der Waals surface area contributed by atoms with Crippen molar-refractivity contribution in [3.8, 4) is 0 Å². The van der Waals surface area contributed by atoms with Crippen LogP contribution in [0.3, 0.4) is 0 Å². The number of amides is 1. The molecule has 10 heavy (non-hydrogen) atoms. The zero-order valence-electron chi connectivity index (χ0n) is 5.15. The molecule has 0 bridgehead atoms. The molecule has 0 aromatic heterocycles. The van der Waals surface area contributed by atoms with Crippen molar-refractivity contribution < 1.29 is 14.7 Å². The van der Waals surface area contributed by atoms with Crippen LogP contribution < -0.4 is 11.5 Å². The minimum Gasteiger partial charge on any atom is -0.480 e. The Kier molecular flexibility index (Phi) is 3.13. The Morgan fingerprint density at radius 1 is 1.50 bits per heavy atom. The summed E-state index contributed by atoms with van der Waals surface area (Å²) in [5.41, 5.74) is 9.64. The zero-order chi connectivity index (χ0) is 8.15. The quantitative estimate of drug-likeness (QED) is 0.416. The predicted molar refractivity (Wildman–Crippen MR) is 33.9 cm³/mol. The van der Waals surface area contributed by atoms with E-state index in [9.17, 15) is 9.59 Å². The number of carboxylic acids is 1. The SMILES string of the molecule is NC(=O)/C=C/C(N)C(=O)O. The first-order valence-corrected chi connectivity index (χ1v) is 2.50. The van der Waals surface area contributed by atoms with Gasteiger partial charge in [0.1, 0.15) is 6.04 Å². The van der Waals surface area contributed by atoms with E-state index in [2.05, 4.69) is 5.73 Å². The van der Waals surface area contributed by atoms with Gasteiger partial charge in [-0.1, -0.05) is 6.08 Å². The van der Waals surface area contributed by atoms with E-state index >= 15 is 0 Å². The molecule has 0 radical (unpaired) electrons. The molecular formula is C5H8N2O3. The molecule has 0 aromatic rings. The van der Waals surface area contributed by atoms with Gasteiger partial charge in [-0.15, -0.1) is 0 Å². The molecule has 0 rings (SSSR count). The van der Waals surface area contributed by atoms with Crippen LogP contribution in [0.25, 0.3) is 0 Å². The molecule has 0 aliphatic heterocycles. The van der Waals surface area contributed by atoms with Gasteiger partial charge in [0.2, 0.25) is 5.91 Å². The Balaban J connectivity index is 3.89. The van der Waals surface area contributed by atoms with E-state index in [4.69, 9.17) is 10.8 Å². The molecule has 0 aliphatic rings. The molecule has 0 aliphatic carbocycles. The number of aliphatic carboxylic acids is 1. The molecule has 0 saturated carbocycles. The van der Waals surface area contributed by atoms with E-state index in [-0.39, 0.29) is 0 Å². The Labute approximate surface area is 57.3 Å². The van der Waals surface area contributed by atoms with Gasteiger partial charge in [0.15, 0.2) is 0 Å². The van der Waals surface area contributed by atoms with Crippen LogP contribution in [0.2, 0.25) is 0 Å². The number of carbonyl (C=O) groups is 2. The average molecular weight is 144 g/mol. The molecule has 0 aromatic carbocycles. The van der Waals surface area contributed by atoms with Crippen LogP contribution in [0.4, 0.5) is 0 Å². The summed E-state index contributed by atoms with van der Waals surface area (Å²) in [5.74, 6) is -1.91. The van der Waals surface area contributed by atoms with Crippen molar-refractivity contribution in [3.63, 3.8) is 0 Å². The summed E-state index contributed by atoms with van der Waals surface area (Å²) in [6.07, 6.45) is 1.93. The summed E-state index contributed by atoms with van der Waals surface area (Å²) < 4.78 is 0. The number of primary amides is 1. The van der Waals surface area contributed by atoms with Gasteiger partial charge in [-0.05, 0) is 0 Å². The average Bonchev–Trinajstić information content (AvgIpc) is 1.82. The number of nitrogens with two attached hydrogens (primary N) is 2. The van der Waals surface area contributed by atoms with E-state index < -0.39 is 17.9 Å². The molecule has 5 N–H and O–H groups in total. The first kappa shape index (κ1) is 8.64. The van der Waals surface area contributed by atoms with Crippen LogP contribution in [-0.2, 0) is 9.59 Å². The maximum Gasteiger partial charge on any atom is 0.324 e. The Morgan fingerprint density at radius 3 is 2.30 bits per heavy atom. The van der Waals surface area contributed by atoms with Crippen LogP contribution in [0.1, 0.15) is 0 Å². The predicted octanol–water partition coefficient (Wildman–Crippen LogP) is -1.56. The number of carboxylic acid groups (broad SMARTS) is 1. The molecule has 0 heterocycles. The lowest BCUT2D eigenvalue weighted by Gasteiger charge is -1.95. The van der Waals surface area contributed by atoms with Crippen LogP contribution in [0.5, 0.6) is 0 Å². The van der Waals surface area contributed by atoms with Crippen molar-refractivity contribution in [2.75, 3.05) is 0 Å². The van der Waals surface area contributed by atoms with Crippen molar-refractivity contribution in [1.29, 1.82) is 0 Å². The van der Waals surface area contributed by atoms with E-state index in [1.807, 2.05) is 0 Å². The molecule has 0 fully saturated rings. The fourth-order valence-electron chi connectivity index (χ4n) is 0.281. The summed E-state index contributed by atoms with van der Waals surface area (Å²) in [4.78, 5) is 20.0. The summed E-state index contributed by atoms with van der Waals surface area (Å²) in [7, 11) is 0. The zero-order valence-corrected chi connectivity index (χ0v) is 5.15. The highest BCUT2D eigenvalue weighted by Gasteiger charge is 2.05. The van der Waals surface area contributed by atoms with Gasteiger partial charge in [-0.3, -0.25) is 9.59 Å². The second kappa shape index (κ2) is 3.62. The number of hydrogen-bond donors (Lipinski definition) is 3. The Morgan fingerprint density at radius 2 is 2.00 bits per heavy atom. The van der Waals surface area contributed by atoms with Gasteiger partial charge in [-0.2, -0.15) is 0 Å². The Hall–Kier alpha value is -1.36. The minimum absolute atomic E-state index is 0.711. The first-order valence-electron chi connectivity index (χ1n) is 2.50. The highest BCUT2D eigenvalue weighted by molar-refractivity contribution is 5.87. The highest BCUT2D eigenvalue weighted by Crippen LogP contribution is 1.80. The van der Waals surface area contributed by atoms with Crippen LogP contribution >= 0.6 is 0 Å². The van der Waals surface area contributed by atoms with E-state index in [1.165, 1.54) is 0 Å². The second-order valence-corrected chi connectivity index (χ2v) is 1.63. The summed E-state index contributed by atoms with van der Waals surface area (Å²) in [6.45, 7) is 0. The van der Waals surface area contributed by atoms with E-state index in [0.717, 1.165) is 12.2 Å². The molecule has 1 amide bonds.